The summed E-state index contributed by atoms with van der Waals surface area (Å²) in [4.78, 5) is 15.8. The molecule has 1 aromatic carbocycles. The lowest BCUT2D eigenvalue weighted by atomic mass is 10.2. The average Bonchev–Trinajstić information content (AvgIpc) is 2.54. The summed E-state index contributed by atoms with van der Waals surface area (Å²) in [5.74, 6) is 0.945. The molecule has 2 rings (SSSR count). The van der Waals surface area contributed by atoms with Crippen molar-refractivity contribution in [2.45, 2.75) is 0 Å². The van der Waals surface area contributed by atoms with Gasteiger partial charge in [0.05, 0.1) is 5.02 Å². The maximum absolute atomic E-state index is 11.8. The van der Waals surface area contributed by atoms with Crippen molar-refractivity contribution in [1.29, 1.82) is 0 Å². The van der Waals surface area contributed by atoms with Crippen molar-refractivity contribution in [3.8, 4) is 5.75 Å². The molecule has 0 radical (unpaired) electrons. The van der Waals surface area contributed by atoms with E-state index in [1.165, 1.54) is 12.3 Å². The number of hydrogen-bond donors (Lipinski definition) is 1. The Labute approximate surface area is 134 Å². The molecule has 1 N–H and O–H groups in total. The standard InChI is InChI=1S/C17H15ClN2O2/c1-2-11-22-15-7-3-13(4-8-15)5-10-17(21)20-16-9-6-14(18)12-19-16/h2-10,12H,1,11H2,(H,19,20,21)/b10-5+. The minimum atomic E-state index is -0.262. The van der Waals surface area contributed by atoms with Gasteiger partial charge in [-0.05, 0) is 35.9 Å². The second kappa shape index (κ2) is 8.00. The van der Waals surface area contributed by atoms with Crippen LogP contribution in [0.3, 0.4) is 0 Å². The summed E-state index contributed by atoms with van der Waals surface area (Å²) >= 11 is 5.73. The van der Waals surface area contributed by atoms with E-state index < -0.39 is 0 Å². The third kappa shape index (κ3) is 5.07. The molecule has 1 amide bonds. The second-order valence-corrected chi connectivity index (χ2v) is 4.79. The SMILES string of the molecule is C=CCOc1ccc(/C=C/C(=O)Nc2ccc(Cl)cn2)cc1. The third-order valence-electron chi connectivity index (χ3n) is 2.65. The highest BCUT2D eigenvalue weighted by Gasteiger charge is 1.99. The van der Waals surface area contributed by atoms with E-state index in [0.29, 0.717) is 17.4 Å². The number of carbonyl (C=O) groups excluding carboxylic acids is 1. The molecule has 112 valence electrons. The van der Waals surface area contributed by atoms with Crippen molar-refractivity contribution in [1.82, 2.24) is 4.98 Å². The zero-order chi connectivity index (χ0) is 15.8. The monoisotopic (exact) mass is 314 g/mol. The summed E-state index contributed by atoms with van der Waals surface area (Å²) < 4.78 is 5.38. The molecule has 0 bridgehead atoms. The number of nitrogens with zero attached hydrogens (tertiary/aromatic N) is 1. The van der Waals surface area contributed by atoms with E-state index in [1.807, 2.05) is 24.3 Å². The quantitative estimate of drug-likeness (QED) is 0.649. The molecule has 0 aliphatic carbocycles. The van der Waals surface area contributed by atoms with E-state index in [9.17, 15) is 4.79 Å². The Morgan fingerprint density at radius 2 is 2.05 bits per heavy atom. The van der Waals surface area contributed by atoms with Gasteiger partial charge >= 0.3 is 0 Å². The second-order valence-electron chi connectivity index (χ2n) is 4.35. The van der Waals surface area contributed by atoms with E-state index in [2.05, 4.69) is 16.9 Å². The van der Waals surface area contributed by atoms with Gasteiger partial charge in [0.1, 0.15) is 18.2 Å². The number of hydrogen-bond acceptors (Lipinski definition) is 3. The van der Waals surface area contributed by atoms with E-state index in [4.69, 9.17) is 16.3 Å². The van der Waals surface area contributed by atoms with Crippen molar-refractivity contribution in [2.24, 2.45) is 0 Å². The summed E-state index contributed by atoms with van der Waals surface area (Å²) in [6.07, 6.45) is 6.31. The fourth-order valence-corrected chi connectivity index (χ4v) is 1.73. The van der Waals surface area contributed by atoms with Crippen molar-refractivity contribution >= 4 is 29.4 Å². The topological polar surface area (TPSA) is 51.2 Å². The maximum Gasteiger partial charge on any atom is 0.249 e. The van der Waals surface area contributed by atoms with Crippen molar-refractivity contribution in [3.63, 3.8) is 0 Å². The molecule has 0 saturated carbocycles. The van der Waals surface area contributed by atoms with E-state index >= 15 is 0 Å². The summed E-state index contributed by atoms with van der Waals surface area (Å²) in [7, 11) is 0. The molecule has 22 heavy (non-hydrogen) atoms. The normalized spacial score (nSPS) is 10.4. The maximum atomic E-state index is 11.8. The molecule has 0 atom stereocenters. The summed E-state index contributed by atoms with van der Waals surface area (Å²) in [6.45, 7) is 4.05. The van der Waals surface area contributed by atoms with Crippen LogP contribution in [0.25, 0.3) is 6.08 Å². The molecular weight excluding hydrogens is 300 g/mol. The Kier molecular flexibility index (Phi) is 5.74. The first-order valence-electron chi connectivity index (χ1n) is 6.62. The molecule has 1 aromatic heterocycles. The van der Waals surface area contributed by atoms with Crippen LogP contribution in [0.2, 0.25) is 5.02 Å². The molecular formula is C17H15ClN2O2. The van der Waals surface area contributed by atoms with Gasteiger partial charge in [0.15, 0.2) is 0 Å². The van der Waals surface area contributed by atoms with Crippen molar-refractivity contribution < 1.29 is 9.53 Å². The molecule has 0 unspecified atom stereocenters. The van der Waals surface area contributed by atoms with E-state index in [1.54, 1.807) is 24.3 Å². The lowest BCUT2D eigenvalue weighted by Crippen LogP contribution is -2.08. The number of pyridine rings is 1. The summed E-state index contributed by atoms with van der Waals surface area (Å²) in [5.41, 5.74) is 0.894. The molecule has 0 aliphatic heterocycles. The predicted molar refractivity (Wildman–Crippen MR) is 89.0 cm³/mol. The molecule has 4 nitrogen and oxygen atoms in total. The average molecular weight is 315 g/mol. The largest absolute Gasteiger partial charge is 0.490 e. The molecule has 5 heteroatoms. The number of nitrogens with one attached hydrogen (secondary N) is 1. The number of anilines is 1. The van der Waals surface area contributed by atoms with Crippen LogP contribution in [-0.2, 0) is 4.79 Å². The number of carbonyl (C=O) groups is 1. The first-order valence-corrected chi connectivity index (χ1v) is 6.99. The number of halogens is 1. The van der Waals surface area contributed by atoms with Crippen LogP contribution < -0.4 is 10.1 Å². The molecule has 0 spiro atoms. The van der Waals surface area contributed by atoms with E-state index in [-0.39, 0.29) is 5.91 Å². The Morgan fingerprint density at radius 3 is 2.68 bits per heavy atom. The van der Waals surface area contributed by atoms with Gasteiger partial charge in [0.2, 0.25) is 5.91 Å². The summed E-state index contributed by atoms with van der Waals surface area (Å²) in [5, 5.41) is 3.17. The van der Waals surface area contributed by atoms with Crippen molar-refractivity contribution in [3.05, 3.63) is 71.9 Å². The third-order valence-corrected chi connectivity index (χ3v) is 2.88. The molecule has 1 heterocycles. The fraction of sp³-hybridized carbons (Fsp3) is 0.0588. The number of rotatable bonds is 6. The number of aromatic nitrogens is 1. The number of amides is 1. The van der Waals surface area contributed by atoms with Crippen LogP contribution >= 0.6 is 11.6 Å². The minimum absolute atomic E-state index is 0.262. The van der Waals surface area contributed by atoms with Gasteiger partial charge in [0, 0.05) is 12.3 Å². The van der Waals surface area contributed by atoms with Crippen molar-refractivity contribution in [2.75, 3.05) is 11.9 Å². The Bertz CT molecular complexity index is 664. The highest BCUT2D eigenvalue weighted by Crippen LogP contribution is 2.13. The first-order chi connectivity index (χ1) is 10.7. The van der Waals surface area contributed by atoms with Gasteiger partial charge in [-0.25, -0.2) is 4.98 Å². The molecule has 0 aliphatic rings. The smallest absolute Gasteiger partial charge is 0.249 e. The van der Waals surface area contributed by atoms with Gasteiger partial charge in [-0.3, -0.25) is 4.79 Å². The lowest BCUT2D eigenvalue weighted by Gasteiger charge is -2.03. The Balaban J connectivity index is 1.91. The van der Waals surface area contributed by atoms with Gasteiger partial charge < -0.3 is 10.1 Å². The molecule has 0 saturated heterocycles. The fourth-order valence-electron chi connectivity index (χ4n) is 1.62. The van der Waals surface area contributed by atoms with Gasteiger partial charge in [0.25, 0.3) is 0 Å². The van der Waals surface area contributed by atoms with Crippen LogP contribution in [0.4, 0.5) is 5.82 Å². The Hall–Kier alpha value is -2.59. The molecule has 0 fully saturated rings. The highest BCUT2D eigenvalue weighted by molar-refractivity contribution is 6.30. The number of ether oxygens (including phenoxy) is 1. The minimum Gasteiger partial charge on any atom is -0.490 e. The molecule has 2 aromatic rings. The first kappa shape index (κ1) is 15.8. The van der Waals surface area contributed by atoms with Gasteiger partial charge in [-0.15, -0.1) is 0 Å². The highest BCUT2D eigenvalue weighted by atomic mass is 35.5. The van der Waals surface area contributed by atoms with Gasteiger partial charge in [-0.1, -0.05) is 36.4 Å². The Morgan fingerprint density at radius 1 is 1.27 bits per heavy atom. The summed E-state index contributed by atoms with van der Waals surface area (Å²) in [6, 6.07) is 10.7. The zero-order valence-corrected chi connectivity index (χ0v) is 12.6. The van der Waals surface area contributed by atoms with Crippen LogP contribution in [0.15, 0.2) is 61.3 Å². The van der Waals surface area contributed by atoms with Crippen LogP contribution in [0.1, 0.15) is 5.56 Å². The lowest BCUT2D eigenvalue weighted by molar-refractivity contribution is -0.111. The number of benzene rings is 1. The van der Waals surface area contributed by atoms with Crippen LogP contribution in [0.5, 0.6) is 5.75 Å². The van der Waals surface area contributed by atoms with Crippen LogP contribution in [0, 0.1) is 0 Å². The van der Waals surface area contributed by atoms with Gasteiger partial charge in [-0.2, -0.15) is 0 Å². The van der Waals surface area contributed by atoms with Crippen LogP contribution in [-0.4, -0.2) is 17.5 Å². The predicted octanol–water partition coefficient (Wildman–Crippen LogP) is 3.95. The van der Waals surface area contributed by atoms with E-state index in [0.717, 1.165) is 11.3 Å². The zero-order valence-electron chi connectivity index (χ0n) is 11.8.